The molecule has 3 rings (SSSR count). The van der Waals surface area contributed by atoms with Gasteiger partial charge in [-0.15, -0.1) is 0 Å². The third-order valence-electron chi connectivity index (χ3n) is 5.22. The number of rotatable bonds is 11. The van der Waals surface area contributed by atoms with Crippen LogP contribution in [0.25, 0.3) is 0 Å². The Balaban J connectivity index is 1.96. The van der Waals surface area contributed by atoms with Gasteiger partial charge in [-0.05, 0) is 62.4 Å². The van der Waals surface area contributed by atoms with E-state index < -0.39 is 16.1 Å². The fraction of sp³-hybridized carbons (Fsp3) is 0.333. The molecule has 34 heavy (non-hydrogen) atoms. The molecule has 2 aromatic carbocycles. The first-order valence-electron chi connectivity index (χ1n) is 11.1. The Hall–Kier alpha value is -3.37. The van der Waals surface area contributed by atoms with E-state index in [1.54, 1.807) is 69.6 Å². The van der Waals surface area contributed by atoms with Gasteiger partial charge in [0.2, 0.25) is 15.9 Å². The molecule has 0 radical (unpaired) electrons. The van der Waals surface area contributed by atoms with Gasteiger partial charge in [-0.25, -0.2) is 8.42 Å². The number of amides is 1. The maximum Gasteiger partial charge on any atom is 0.249 e. The predicted molar refractivity (Wildman–Crippen MR) is 130 cm³/mol. The fourth-order valence-corrected chi connectivity index (χ4v) is 4.82. The Morgan fingerprint density at radius 1 is 1.09 bits per heavy atom. The van der Waals surface area contributed by atoms with E-state index in [1.165, 1.54) is 21.1 Å². The highest BCUT2D eigenvalue weighted by Gasteiger charge is 2.24. The smallest absolute Gasteiger partial charge is 0.249 e. The second kappa shape index (κ2) is 11.2. The summed E-state index contributed by atoms with van der Waals surface area (Å²) in [5, 5.41) is 6.91. The minimum absolute atomic E-state index is 0.0669. The van der Waals surface area contributed by atoms with Gasteiger partial charge in [0.1, 0.15) is 17.5 Å². The number of hydrogen-bond acceptors (Lipinski definition) is 6. The number of nitrogens with one attached hydrogen (secondary N) is 1. The molecule has 182 valence electrons. The molecular weight excluding hydrogens is 456 g/mol. The van der Waals surface area contributed by atoms with Crippen LogP contribution in [0.2, 0.25) is 0 Å². The lowest BCUT2D eigenvalue weighted by molar-refractivity contribution is -0.119. The highest BCUT2D eigenvalue weighted by atomic mass is 32.2. The number of carbonyl (C=O) groups excluding carboxylic acids is 1. The lowest BCUT2D eigenvalue weighted by Gasteiger charge is -2.20. The molecule has 0 saturated carbocycles. The Morgan fingerprint density at radius 2 is 1.76 bits per heavy atom. The van der Waals surface area contributed by atoms with Crippen molar-refractivity contribution < 1.29 is 22.7 Å². The van der Waals surface area contributed by atoms with Crippen LogP contribution in [-0.2, 0) is 14.8 Å². The number of anilines is 1. The van der Waals surface area contributed by atoms with Crippen LogP contribution in [0.4, 0.5) is 5.69 Å². The average Bonchev–Trinajstić information content (AvgIpc) is 3.36. The van der Waals surface area contributed by atoms with Crippen molar-refractivity contribution in [2.75, 3.05) is 25.0 Å². The van der Waals surface area contributed by atoms with E-state index in [1.807, 2.05) is 6.92 Å². The summed E-state index contributed by atoms with van der Waals surface area (Å²) in [5.74, 6) is 1.16. The summed E-state index contributed by atoms with van der Waals surface area (Å²) in [5.41, 5.74) is 0.242. The van der Waals surface area contributed by atoms with Crippen LogP contribution in [0.5, 0.6) is 17.2 Å². The van der Waals surface area contributed by atoms with Gasteiger partial charge in [0.05, 0.1) is 17.2 Å². The third kappa shape index (κ3) is 5.75. The summed E-state index contributed by atoms with van der Waals surface area (Å²) in [7, 11) is -3.73. The summed E-state index contributed by atoms with van der Waals surface area (Å²) in [6.07, 6.45) is 3.27. The summed E-state index contributed by atoms with van der Waals surface area (Å²) in [4.78, 5) is 13.0. The Morgan fingerprint density at radius 3 is 2.35 bits per heavy atom. The van der Waals surface area contributed by atoms with Crippen LogP contribution in [0, 0.1) is 0 Å². The Labute approximate surface area is 200 Å². The van der Waals surface area contributed by atoms with E-state index in [0.29, 0.717) is 36.9 Å². The van der Waals surface area contributed by atoms with Gasteiger partial charge in [0.15, 0.2) is 5.75 Å². The number of sulfonamides is 1. The molecule has 1 aromatic heterocycles. The van der Waals surface area contributed by atoms with Crippen molar-refractivity contribution in [2.45, 2.75) is 38.6 Å². The summed E-state index contributed by atoms with van der Waals surface area (Å²) < 4.78 is 40.4. The first kappa shape index (κ1) is 25.3. The van der Waals surface area contributed by atoms with E-state index in [2.05, 4.69) is 10.4 Å². The lowest BCUT2D eigenvalue weighted by Crippen LogP contribution is -2.30. The average molecular weight is 487 g/mol. The van der Waals surface area contributed by atoms with E-state index in [4.69, 9.17) is 9.47 Å². The molecule has 1 N–H and O–H groups in total. The number of hydrogen-bond donors (Lipinski definition) is 1. The highest BCUT2D eigenvalue weighted by molar-refractivity contribution is 7.89. The largest absolute Gasteiger partial charge is 0.494 e. The highest BCUT2D eigenvalue weighted by Crippen LogP contribution is 2.34. The molecule has 1 unspecified atom stereocenters. The quantitative estimate of drug-likeness (QED) is 0.433. The summed E-state index contributed by atoms with van der Waals surface area (Å²) in [6, 6.07) is 12.6. The van der Waals surface area contributed by atoms with Gasteiger partial charge in [-0.3, -0.25) is 9.48 Å². The summed E-state index contributed by atoms with van der Waals surface area (Å²) >= 11 is 0. The van der Waals surface area contributed by atoms with Crippen LogP contribution in [0.15, 0.2) is 65.8 Å². The zero-order chi connectivity index (χ0) is 24.7. The van der Waals surface area contributed by atoms with Gasteiger partial charge < -0.3 is 14.8 Å². The van der Waals surface area contributed by atoms with Crippen molar-refractivity contribution in [1.82, 2.24) is 14.1 Å². The van der Waals surface area contributed by atoms with Crippen LogP contribution in [0.3, 0.4) is 0 Å². The van der Waals surface area contributed by atoms with Crippen molar-refractivity contribution in [2.24, 2.45) is 0 Å². The van der Waals surface area contributed by atoms with Crippen molar-refractivity contribution in [1.29, 1.82) is 0 Å². The van der Waals surface area contributed by atoms with Gasteiger partial charge in [0.25, 0.3) is 0 Å². The van der Waals surface area contributed by atoms with E-state index in [9.17, 15) is 13.2 Å². The number of benzene rings is 2. The molecule has 0 saturated heterocycles. The molecule has 0 aliphatic rings. The number of aromatic nitrogens is 2. The zero-order valence-corrected chi connectivity index (χ0v) is 20.6. The molecule has 10 heteroatoms. The van der Waals surface area contributed by atoms with Gasteiger partial charge in [-0.1, -0.05) is 13.8 Å². The molecule has 1 amide bonds. The maximum absolute atomic E-state index is 13.1. The summed E-state index contributed by atoms with van der Waals surface area (Å²) in [6.45, 7) is 8.37. The van der Waals surface area contributed by atoms with E-state index in [-0.39, 0.29) is 16.5 Å². The topological polar surface area (TPSA) is 103 Å². The van der Waals surface area contributed by atoms with Crippen LogP contribution in [0.1, 0.15) is 33.7 Å². The standard InChI is InChI=1S/C24H30N4O5S/c1-5-27(6-2)34(30,31)21-13-14-23(33-20-11-9-19(10-12-20)32-7-3)22(17-21)26-24(29)18(4)28-16-8-15-25-28/h8-18H,5-7H2,1-4H3,(H,26,29). The second-order valence-electron chi connectivity index (χ2n) is 7.41. The first-order valence-corrected chi connectivity index (χ1v) is 12.6. The van der Waals surface area contributed by atoms with Crippen molar-refractivity contribution >= 4 is 21.6 Å². The van der Waals surface area contributed by atoms with Crippen LogP contribution < -0.4 is 14.8 Å². The van der Waals surface area contributed by atoms with Crippen LogP contribution in [-0.4, -0.2) is 48.1 Å². The second-order valence-corrected chi connectivity index (χ2v) is 9.34. The van der Waals surface area contributed by atoms with Gasteiger partial charge >= 0.3 is 0 Å². The monoisotopic (exact) mass is 486 g/mol. The van der Waals surface area contributed by atoms with Crippen LogP contribution >= 0.6 is 0 Å². The molecule has 9 nitrogen and oxygen atoms in total. The number of nitrogens with zero attached hydrogens (tertiary/aromatic N) is 3. The first-order chi connectivity index (χ1) is 16.3. The number of ether oxygens (including phenoxy) is 2. The molecule has 3 aromatic rings. The van der Waals surface area contributed by atoms with Gasteiger partial charge in [0, 0.05) is 25.5 Å². The fourth-order valence-electron chi connectivity index (χ4n) is 3.33. The Kier molecular flexibility index (Phi) is 8.30. The minimum Gasteiger partial charge on any atom is -0.494 e. The molecule has 1 atom stereocenters. The zero-order valence-electron chi connectivity index (χ0n) is 19.8. The molecule has 0 aliphatic heterocycles. The molecule has 0 bridgehead atoms. The predicted octanol–water partition coefficient (Wildman–Crippen LogP) is 4.30. The van der Waals surface area contributed by atoms with E-state index in [0.717, 1.165) is 0 Å². The lowest BCUT2D eigenvalue weighted by atomic mass is 10.2. The molecule has 0 aliphatic carbocycles. The molecular formula is C24H30N4O5S. The van der Waals surface area contributed by atoms with Gasteiger partial charge in [-0.2, -0.15) is 9.40 Å². The van der Waals surface area contributed by atoms with Crippen molar-refractivity contribution in [3.63, 3.8) is 0 Å². The Bertz CT molecular complexity index is 1190. The maximum atomic E-state index is 13.1. The molecule has 0 fully saturated rings. The van der Waals surface area contributed by atoms with Crippen molar-refractivity contribution in [3.8, 4) is 17.2 Å². The minimum atomic E-state index is -3.73. The number of carbonyl (C=O) groups is 1. The molecule has 1 heterocycles. The third-order valence-corrected chi connectivity index (χ3v) is 7.26. The molecule has 0 spiro atoms. The van der Waals surface area contributed by atoms with E-state index >= 15 is 0 Å². The van der Waals surface area contributed by atoms with Crippen molar-refractivity contribution in [3.05, 3.63) is 60.9 Å². The normalized spacial score (nSPS) is 12.4. The SMILES string of the molecule is CCOc1ccc(Oc2ccc(S(=O)(=O)N(CC)CC)cc2NC(=O)C(C)n2cccn2)cc1.